The zero-order chi connectivity index (χ0) is 23.8. The number of anilines is 3. The lowest BCUT2D eigenvalue weighted by Gasteiger charge is -2.17. The largest absolute Gasteiger partial charge is 0.337 e. The highest BCUT2D eigenvalue weighted by atomic mass is 32.2. The fourth-order valence-corrected chi connectivity index (χ4v) is 4.56. The molecule has 1 aromatic heterocycles. The number of rotatable bonds is 6. The third-order valence-electron chi connectivity index (χ3n) is 5.66. The first kappa shape index (κ1) is 22.5. The van der Waals surface area contributed by atoms with Crippen LogP contribution in [0.15, 0.2) is 57.9 Å². The number of hydrogen-bond acceptors (Lipinski definition) is 6. The van der Waals surface area contributed by atoms with E-state index in [-0.39, 0.29) is 29.0 Å². The van der Waals surface area contributed by atoms with E-state index in [1.165, 1.54) is 24.3 Å². The Kier molecular flexibility index (Phi) is 5.94. The molecule has 10 heteroatoms. The number of nitrogens with one attached hydrogen (secondary N) is 2. The second-order valence-electron chi connectivity index (χ2n) is 8.08. The molecule has 0 saturated carbocycles. The number of carbonyl (C=O) groups is 2. The molecule has 2 amide bonds. The Morgan fingerprint density at radius 1 is 1.06 bits per heavy atom. The van der Waals surface area contributed by atoms with Gasteiger partial charge in [0.2, 0.25) is 17.7 Å². The molecule has 0 radical (unpaired) electrons. The van der Waals surface area contributed by atoms with Crippen molar-refractivity contribution in [3.8, 4) is 0 Å². The molecule has 1 aliphatic heterocycles. The average molecular weight is 469 g/mol. The van der Waals surface area contributed by atoms with Crippen LogP contribution in [0.3, 0.4) is 0 Å². The summed E-state index contributed by atoms with van der Waals surface area (Å²) in [6, 6.07) is 13.3. The molecule has 1 fully saturated rings. The van der Waals surface area contributed by atoms with Crippen molar-refractivity contribution in [2.24, 2.45) is 5.92 Å². The summed E-state index contributed by atoms with van der Waals surface area (Å²) >= 11 is 0. The van der Waals surface area contributed by atoms with Crippen molar-refractivity contribution in [1.29, 1.82) is 0 Å². The van der Waals surface area contributed by atoms with Gasteiger partial charge in [-0.2, -0.15) is 0 Å². The predicted molar refractivity (Wildman–Crippen MR) is 123 cm³/mol. The highest BCUT2D eigenvalue weighted by Crippen LogP contribution is 2.27. The summed E-state index contributed by atoms with van der Waals surface area (Å²) in [6.45, 7) is 5.68. The minimum atomic E-state index is -3.88. The Morgan fingerprint density at radius 3 is 2.33 bits per heavy atom. The SMILES string of the molecule is Cc1ccc(N2CC(C(=O)Nc3ccc(S(=O)(=O)Nc4onc(C)c4C)cc3)CC2=O)cc1. The molecule has 2 aromatic carbocycles. The highest BCUT2D eigenvalue weighted by molar-refractivity contribution is 7.92. The van der Waals surface area contributed by atoms with E-state index < -0.39 is 15.9 Å². The van der Waals surface area contributed by atoms with Gasteiger partial charge in [-0.15, -0.1) is 0 Å². The van der Waals surface area contributed by atoms with Crippen molar-refractivity contribution in [2.45, 2.75) is 32.1 Å². The van der Waals surface area contributed by atoms with Gasteiger partial charge >= 0.3 is 0 Å². The molecule has 2 N–H and O–H groups in total. The van der Waals surface area contributed by atoms with E-state index >= 15 is 0 Å². The zero-order valence-corrected chi connectivity index (χ0v) is 19.3. The highest BCUT2D eigenvalue weighted by Gasteiger charge is 2.35. The van der Waals surface area contributed by atoms with Crippen LogP contribution in [0.5, 0.6) is 0 Å². The second-order valence-corrected chi connectivity index (χ2v) is 9.76. The van der Waals surface area contributed by atoms with Gasteiger partial charge in [-0.05, 0) is 57.2 Å². The van der Waals surface area contributed by atoms with Gasteiger partial charge in [0.05, 0.1) is 16.5 Å². The Morgan fingerprint density at radius 2 is 1.73 bits per heavy atom. The Bertz CT molecular complexity index is 1300. The van der Waals surface area contributed by atoms with Crippen molar-refractivity contribution in [3.63, 3.8) is 0 Å². The molecular weight excluding hydrogens is 444 g/mol. The first-order valence-electron chi connectivity index (χ1n) is 10.4. The maximum Gasteiger partial charge on any atom is 0.264 e. The van der Waals surface area contributed by atoms with Gasteiger partial charge in [-0.1, -0.05) is 22.9 Å². The lowest BCUT2D eigenvalue weighted by molar-refractivity contribution is -0.122. The third kappa shape index (κ3) is 4.75. The Balaban J connectivity index is 1.40. The molecule has 3 aromatic rings. The van der Waals surface area contributed by atoms with E-state index in [1.807, 2.05) is 31.2 Å². The molecule has 1 aliphatic rings. The van der Waals surface area contributed by atoms with Gasteiger partial charge in [0.15, 0.2) is 0 Å². The van der Waals surface area contributed by atoms with Gasteiger partial charge in [0, 0.05) is 29.9 Å². The molecule has 0 spiro atoms. The van der Waals surface area contributed by atoms with Crippen LogP contribution in [-0.2, 0) is 19.6 Å². The van der Waals surface area contributed by atoms with Crippen LogP contribution >= 0.6 is 0 Å². The number of nitrogens with zero attached hydrogens (tertiary/aromatic N) is 2. The Hall–Kier alpha value is -3.66. The van der Waals surface area contributed by atoms with Crippen molar-refractivity contribution in [3.05, 3.63) is 65.4 Å². The zero-order valence-electron chi connectivity index (χ0n) is 18.5. The molecule has 1 atom stereocenters. The third-order valence-corrected chi connectivity index (χ3v) is 7.00. The maximum atomic E-state index is 12.7. The van der Waals surface area contributed by atoms with E-state index in [9.17, 15) is 18.0 Å². The van der Waals surface area contributed by atoms with Crippen molar-refractivity contribution < 1.29 is 22.5 Å². The minimum Gasteiger partial charge on any atom is -0.337 e. The first-order valence-corrected chi connectivity index (χ1v) is 11.9. The monoisotopic (exact) mass is 468 g/mol. The normalized spacial score (nSPS) is 16.2. The molecule has 0 aliphatic carbocycles. The van der Waals surface area contributed by atoms with Gasteiger partial charge in [-0.25, -0.2) is 13.1 Å². The molecule has 1 unspecified atom stereocenters. The molecule has 9 nitrogen and oxygen atoms in total. The van der Waals surface area contributed by atoms with Crippen molar-refractivity contribution >= 4 is 39.1 Å². The van der Waals surface area contributed by atoms with E-state index in [1.54, 1.807) is 18.7 Å². The summed E-state index contributed by atoms with van der Waals surface area (Å²) in [6.07, 6.45) is 0.117. The topological polar surface area (TPSA) is 122 Å². The number of sulfonamides is 1. The number of hydrogen-bond donors (Lipinski definition) is 2. The molecular formula is C23H24N4O5S. The molecule has 172 valence electrons. The number of amides is 2. The molecule has 4 rings (SSSR count). The predicted octanol–water partition coefficient (Wildman–Crippen LogP) is 3.39. The van der Waals surface area contributed by atoms with E-state index in [0.717, 1.165) is 11.3 Å². The van der Waals surface area contributed by atoms with Gasteiger partial charge < -0.3 is 14.7 Å². The van der Waals surface area contributed by atoms with Crippen LogP contribution in [0, 0.1) is 26.7 Å². The van der Waals surface area contributed by atoms with E-state index in [0.29, 0.717) is 23.5 Å². The minimum absolute atomic E-state index is 0.00976. The number of carbonyl (C=O) groups excluding carboxylic acids is 2. The van der Waals surface area contributed by atoms with Crippen LogP contribution in [0.25, 0.3) is 0 Å². The van der Waals surface area contributed by atoms with Crippen LogP contribution in [-0.4, -0.2) is 31.9 Å². The number of benzene rings is 2. The van der Waals surface area contributed by atoms with E-state index in [2.05, 4.69) is 15.2 Å². The van der Waals surface area contributed by atoms with Crippen LogP contribution in [0.2, 0.25) is 0 Å². The second kappa shape index (κ2) is 8.70. The summed E-state index contributed by atoms with van der Waals surface area (Å²) in [5.41, 5.74) is 3.49. The van der Waals surface area contributed by atoms with Gasteiger partial charge in [0.25, 0.3) is 10.0 Å². The molecule has 0 bridgehead atoms. The lowest BCUT2D eigenvalue weighted by Crippen LogP contribution is -2.28. The van der Waals surface area contributed by atoms with Crippen LogP contribution in [0.4, 0.5) is 17.3 Å². The summed E-state index contributed by atoms with van der Waals surface area (Å²) in [5.74, 6) is -0.834. The molecule has 1 saturated heterocycles. The van der Waals surface area contributed by atoms with Crippen LogP contribution in [0.1, 0.15) is 23.2 Å². The van der Waals surface area contributed by atoms with E-state index in [4.69, 9.17) is 4.52 Å². The Labute approximate surface area is 191 Å². The fourth-order valence-electron chi connectivity index (χ4n) is 3.51. The lowest BCUT2D eigenvalue weighted by atomic mass is 10.1. The number of aromatic nitrogens is 1. The standard InChI is InChI=1S/C23H24N4O5S/c1-14-4-8-19(9-5-14)27-13-17(12-21(27)28)22(29)24-18-6-10-20(11-7-18)33(30,31)26-23-15(2)16(3)25-32-23/h4-11,17,26H,12-13H2,1-3H3,(H,24,29). The van der Waals surface area contributed by atoms with Gasteiger partial charge in [0.1, 0.15) is 0 Å². The summed E-state index contributed by atoms with van der Waals surface area (Å²) < 4.78 is 32.6. The molecule has 2 heterocycles. The van der Waals surface area contributed by atoms with Crippen molar-refractivity contribution in [2.75, 3.05) is 21.5 Å². The maximum absolute atomic E-state index is 12.7. The first-order chi connectivity index (χ1) is 15.6. The van der Waals surface area contributed by atoms with Crippen LogP contribution < -0.4 is 14.9 Å². The molecule has 33 heavy (non-hydrogen) atoms. The van der Waals surface area contributed by atoms with Gasteiger partial charge in [-0.3, -0.25) is 9.59 Å². The summed E-state index contributed by atoms with van der Waals surface area (Å²) in [7, 11) is -3.88. The fraction of sp³-hybridized carbons (Fsp3) is 0.261. The summed E-state index contributed by atoms with van der Waals surface area (Å²) in [4.78, 5) is 26.8. The van der Waals surface area contributed by atoms with Crippen molar-refractivity contribution in [1.82, 2.24) is 5.16 Å². The quantitative estimate of drug-likeness (QED) is 0.572. The smallest absolute Gasteiger partial charge is 0.264 e. The average Bonchev–Trinajstić information content (AvgIpc) is 3.32. The number of aryl methyl sites for hydroxylation is 2. The summed E-state index contributed by atoms with van der Waals surface area (Å²) in [5, 5.41) is 6.50.